The van der Waals surface area contributed by atoms with E-state index in [0.29, 0.717) is 0 Å². The molecule has 0 radical (unpaired) electrons. The molecule has 1 saturated heterocycles. The molecule has 0 saturated carbocycles. The van der Waals surface area contributed by atoms with E-state index in [-0.39, 0.29) is 12.0 Å². The van der Waals surface area contributed by atoms with Crippen molar-refractivity contribution < 1.29 is 9.90 Å². The Morgan fingerprint density at radius 1 is 1.25 bits per heavy atom. The maximum absolute atomic E-state index is 11.0. The Balaban J connectivity index is 2.34. The lowest BCUT2D eigenvalue weighted by molar-refractivity contribution is -0.116. The number of hydrogen-bond donors (Lipinski definition) is 1. The SMILES string of the molecule is CCC(C)(C=O)CN1CCN(CCO)CC1. The van der Waals surface area contributed by atoms with Gasteiger partial charge in [0.25, 0.3) is 0 Å². The van der Waals surface area contributed by atoms with Gasteiger partial charge in [0.15, 0.2) is 0 Å². The molecule has 0 aromatic carbocycles. The second-order valence-electron chi connectivity index (χ2n) is 4.97. The molecule has 1 aliphatic heterocycles. The minimum Gasteiger partial charge on any atom is -0.395 e. The molecular formula is C12H24N2O2. The van der Waals surface area contributed by atoms with E-state index in [2.05, 4.69) is 16.7 Å². The quantitative estimate of drug-likeness (QED) is 0.660. The average Bonchev–Trinajstić information content (AvgIpc) is 2.32. The van der Waals surface area contributed by atoms with E-state index >= 15 is 0 Å². The molecule has 4 heteroatoms. The van der Waals surface area contributed by atoms with Crippen LogP contribution in [0.15, 0.2) is 0 Å². The maximum Gasteiger partial charge on any atom is 0.127 e. The van der Waals surface area contributed by atoms with Crippen LogP contribution in [0.3, 0.4) is 0 Å². The molecule has 94 valence electrons. The summed E-state index contributed by atoms with van der Waals surface area (Å²) < 4.78 is 0. The molecule has 1 rings (SSSR count). The van der Waals surface area contributed by atoms with Crippen LogP contribution in [0, 0.1) is 5.41 Å². The van der Waals surface area contributed by atoms with Crippen molar-refractivity contribution in [2.24, 2.45) is 5.41 Å². The average molecular weight is 228 g/mol. The fourth-order valence-electron chi connectivity index (χ4n) is 2.06. The molecule has 1 heterocycles. The topological polar surface area (TPSA) is 43.8 Å². The Hall–Kier alpha value is -0.450. The van der Waals surface area contributed by atoms with E-state index in [4.69, 9.17) is 5.11 Å². The predicted octanol–water partition coefficient (Wildman–Crippen LogP) is 0.212. The molecule has 0 bridgehead atoms. The molecule has 1 fully saturated rings. The van der Waals surface area contributed by atoms with Crippen LogP contribution in [0.2, 0.25) is 0 Å². The second kappa shape index (κ2) is 6.33. The van der Waals surface area contributed by atoms with Crippen LogP contribution in [-0.2, 0) is 4.79 Å². The van der Waals surface area contributed by atoms with E-state index in [1.54, 1.807) is 0 Å². The first-order valence-electron chi connectivity index (χ1n) is 6.15. The number of aldehydes is 1. The number of aliphatic hydroxyl groups is 1. The molecule has 1 unspecified atom stereocenters. The molecule has 0 amide bonds. The fourth-order valence-corrected chi connectivity index (χ4v) is 2.06. The maximum atomic E-state index is 11.0. The number of rotatable bonds is 6. The number of carbonyl (C=O) groups is 1. The van der Waals surface area contributed by atoms with Crippen LogP contribution < -0.4 is 0 Å². The Morgan fingerprint density at radius 2 is 1.81 bits per heavy atom. The lowest BCUT2D eigenvalue weighted by atomic mass is 9.88. The van der Waals surface area contributed by atoms with Crippen molar-refractivity contribution in [3.8, 4) is 0 Å². The van der Waals surface area contributed by atoms with Gasteiger partial charge in [-0.05, 0) is 6.42 Å². The van der Waals surface area contributed by atoms with Crippen molar-refractivity contribution in [2.45, 2.75) is 20.3 Å². The van der Waals surface area contributed by atoms with Crippen LogP contribution in [0.5, 0.6) is 0 Å². The van der Waals surface area contributed by atoms with Gasteiger partial charge >= 0.3 is 0 Å². The molecule has 0 aromatic rings. The summed E-state index contributed by atoms with van der Waals surface area (Å²) in [5.74, 6) is 0. The third-order valence-corrected chi connectivity index (χ3v) is 3.56. The number of piperazine rings is 1. The van der Waals surface area contributed by atoms with Gasteiger partial charge in [-0.3, -0.25) is 9.80 Å². The van der Waals surface area contributed by atoms with Gasteiger partial charge in [0.05, 0.1) is 6.61 Å². The van der Waals surface area contributed by atoms with Gasteiger partial charge in [-0.2, -0.15) is 0 Å². The summed E-state index contributed by atoms with van der Waals surface area (Å²) in [5.41, 5.74) is -0.195. The van der Waals surface area contributed by atoms with Crippen molar-refractivity contribution in [3.05, 3.63) is 0 Å². The molecule has 16 heavy (non-hydrogen) atoms. The van der Waals surface area contributed by atoms with Crippen molar-refractivity contribution in [2.75, 3.05) is 45.9 Å². The molecule has 1 aliphatic rings. The molecule has 1 atom stereocenters. The van der Waals surface area contributed by atoms with Crippen molar-refractivity contribution in [3.63, 3.8) is 0 Å². The summed E-state index contributed by atoms with van der Waals surface area (Å²) in [7, 11) is 0. The monoisotopic (exact) mass is 228 g/mol. The van der Waals surface area contributed by atoms with Crippen LogP contribution in [0.4, 0.5) is 0 Å². The molecular weight excluding hydrogens is 204 g/mol. The molecule has 0 spiro atoms. The number of hydrogen-bond acceptors (Lipinski definition) is 4. The van der Waals surface area contributed by atoms with Crippen molar-refractivity contribution in [1.82, 2.24) is 9.80 Å². The Kier molecular flexibility index (Phi) is 5.38. The minimum atomic E-state index is -0.195. The zero-order valence-corrected chi connectivity index (χ0v) is 10.5. The smallest absolute Gasteiger partial charge is 0.127 e. The molecule has 1 N–H and O–H groups in total. The molecule has 0 aliphatic carbocycles. The largest absolute Gasteiger partial charge is 0.395 e. The summed E-state index contributed by atoms with van der Waals surface area (Å²) in [6.07, 6.45) is 1.99. The van der Waals surface area contributed by atoms with E-state index in [9.17, 15) is 4.79 Å². The molecule has 0 aromatic heterocycles. The van der Waals surface area contributed by atoms with Gasteiger partial charge in [-0.25, -0.2) is 0 Å². The number of aliphatic hydroxyl groups excluding tert-OH is 1. The highest BCUT2D eigenvalue weighted by atomic mass is 16.3. The zero-order chi connectivity index (χ0) is 12.0. The Morgan fingerprint density at radius 3 is 2.25 bits per heavy atom. The predicted molar refractivity (Wildman–Crippen MR) is 64.4 cm³/mol. The van der Waals surface area contributed by atoms with Gasteiger partial charge in [0.2, 0.25) is 0 Å². The van der Waals surface area contributed by atoms with E-state index in [1.807, 2.05) is 6.92 Å². The van der Waals surface area contributed by atoms with Gasteiger partial charge in [-0.1, -0.05) is 13.8 Å². The van der Waals surface area contributed by atoms with Gasteiger partial charge in [0, 0.05) is 44.7 Å². The summed E-state index contributed by atoms with van der Waals surface area (Å²) in [6.45, 7) is 9.97. The zero-order valence-electron chi connectivity index (χ0n) is 10.5. The van der Waals surface area contributed by atoms with Crippen molar-refractivity contribution >= 4 is 6.29 Å². The van der Waals surface area contributed by atoms with E-state index in [1.165, 1.54) is 0 Å². The highest BCUT2D eigenvalue weighted by Gasteiger charge is 2.26. The summed E-state index contributed by atoms with van der Waals surface area (Å²) >= 11 is 0. The van der Waals surface area contributed by atoms with Crippen LogP contribution in [-0.4, -0.2) is 67.1 Å². The fraction of sp³-hybridized carbons (Fsp3) is 0.917. The lowest BCUT2D eigenvalue weighted by Crippen LogP contribution is -2.50. The van der Waals surface area contributed by atoms with E-state index < -0.39 is 0 Å². The van der Waals surface area contributed by atoms with Gasteiger partial charge in [0.1, 0.15) is 6.29 Å². The lowest BCUT2D eigenvalue weighted by Gasteiger charge is -2.37. The normalized spacial score (nSPS) is 22.9. The minimum absolute atomic E-state index is 0.195. The second-order valence-corrected chi connectivity index (χ2v) is 4.97. The Bertz CT molecular complexity index is 215. The molecule has 4 nitrogen and oxygen atoms in total. The highest BCUT2D eigenvalue weighted by molar-refractivity contribution is 5.58. The van der Waals surface area contributed by atoms with Crippen LogP contribution in [0.1, 0.15) is 20.3 Å². The number of carbonyl (C=O) groups excluding carboxylic acids is 1. The van der Waals surface area contributed by atoms with Gasteiger partial charge < -0.3 is 9.90 Å². The van der Waals surface area contributed by atoms with Gasteiger partial charge in [-0.15, -0.1) is 0 Å². The first-order chi connectivity index (χ1) is 7.63. The summed E-state index contributed by atoms with van der Waals surface area (Å²) in [5, 5.41) is 8.85. The van der Waals surface area contributed by atoms with E-state index in [0.717, 1.165) is 52.0 Å². The number of nitrogens with zero attached hydrogens (tertiary/aromatic N) is 2. The first kappa shape index (κ1) is 13.6. The highest BCUT2D eigenvalue weighted by Crippen LogP contribution is 2.20. The first-order valence-corrected chi connectivity index (χ1v) is 6.15. The summed E-state index contributed by atoms with van der Waals surface area (Å²) in [6, 6.07) is 0. The third kappa shape index (κ3) is 3.85. The third-order valence-electron chi connectivity index (χ3n) is 3.56. The Labute approximate surface area is 98.2 Å². The van der Waals surface area contributed by atoms with Crippen LogP contribution >= 0.6 is 0 Å². The van der Waals surface area contributed by atoms with Crippen LogP contribution in [0.25, 0.3) is 0 Å². The standard InChI is InChI=1S/C12H24N2O2/c1-3-12(2,11-16)10-14-6-4-13(5-7-14)8-9-15/h11,15H,3-10H2,1-2H3. The summed E-state index contributed by atoms with van der Waals surface area (Å²) in [4.78, 5) is 15.6. The van der Waals surface area contributed by atoms with Crippen molar-refractivity contribution in [1.29, 1.82) is 0 Å². The number of β-amino-alcohol motifs (C(OH)–C–C–N with tert-alkyl or cyclic N) is 1.